The molecule has 1 aliphatic rings. The first-order chi connectivity index (χ1) is 14.7. The lowest BCUT2D eigenvalue weighted by molar-refractivity contribution is -0.937. The summed E-state index contributed by atoms with van der Waals surface area (Å²) in [7, 11) is 3.19. The van der Waals surface area contributed by atoms with E-state index in [2.05, 4.69) is 11.1 Å². The second kappa shape index (κ2) is 10.8. The molecule has 1 saturated heterocycles. The van der Waals surface area contributed by atoms with Crippen molar-refractivity contribution in [2.75, 3.05) is 53.7 Å². The molecule has 7 nitrogen and oxygen atoms in total. The molecular weight excluding hydrogens is 384 g/mol. The van der Waals surface area contributed by atoms with Gasteiger partial charge in [0.2, 0.25) is 0 Å². The van der Waals surface area contributed by atoms with Crippen LogP contribution in [-0.2, 0) is 4.74 Å². The molecule has 0 saturated carbocycles. The molecule has 2 aromatic rings. The Kier molecular flexibility index (Phi) is 7.93. The van der Waals surface area contributed by atoms with E-state index >= 15 is 0 Å². The predicted octanol–water partition coefficient (Wildman–Crippen LogP) is 1.88. The van der Waals surface area contributed by atoms with Gasteiger partial charge < -0.3 is 29.0 Å². The van der Waals surface area contributed by atoms with Crippen molar-refractivity contribution >= 4 is 6.21 Å². The minimum absolute atomic E-state index is 0.0988. The highest BCUT2D eigenvalue weighted by atomic mass is 16.5. The quantitative estimate of drug-likeness (QED) is 0.612. The minimum Gasteiger partial charge on any atom is -0.504 e. The lowest BCUT2D eigenvalue weighted by Gasteiger charge is -2.31. The zero-order chi connectivity index (χ0) is 21.3. The van der Waals surface area contributed by atoms with Gasteiger partial charge in [0.05, 0.1) is 40.6 Å². The van der Waals surface area contributed by atoms with E-state index in [9.17, 15) is 5.11 Å². The monoisotopic (exact) mass is 415 g/mol. The van der Waals surface area contributed by atoms with Crippen LogP contribution < -0.4 is 19.1 Å². The van der Waals surface area contributed by atoms with E-state index in [0.29, 0.717) is 24.5 Å². The van der Waals surface area contributed by atoms with Gasteiger partial charge in [-0.25, -0.2) is 0 Å². The van der Waals surface area contributed by atoms with Gasteiger partial charge in [-0.05, 0) is 37.3 Å². The van der Waals surface area contributed by atoms with Crippen molar-refractivity contribution in [3.63, 3.8) is 0 Å². The molecule has 162 valence electrons. The maximum absolute atomic E-state index is 10.3. The molecule has 30 heavy (non-hydrogen) atoms. The molecule has 1 fully saturated rings. The molecule has 0 unspecified atom stereocenters. The van der Waals surface area contributed by atoms with Crippen LogP contribution >= 0.6 is 0 Å². The molecule has 0 amide bonds. The van der Waals surface area contributed by atoms with Gasteiger partial charge in [0, 0.05) is 17.3 Å². The fraction of sp³-hybridized carbons (Fsp3) is 0.435. The molecule has 0 aromatic heterocycles. The van der Waals surface area contributed by atoms with E-state index in [1.54, 1.807) is 19.4 Å². The molecule has 3 rings (SSSR count). The highest BCUT2D eigenvalue weighted by molar-refractivity contribution is 5.84. The van der Waals surface area contributed by atoms with Crippen LogP contribution in [0.1, 0.15) is 24.1 Å². The summed E-state index contributed by atoms with van der Waals surface area (Å²) in [4.78, 5) is 6.09. The van der Waals surface area contributed by atoms with Crippen molar-refractivity contribution in [3.05, 3.63) is 47.5 Å². The summed E-state index contributed by atoms with van der Waals surface area (Å²) in [6.45, 7) is 6.42. The normalized spacial score (nSPS) is 15.8. The van der Waals surface area contributed by atoms with Gasteiger partial charge in [0.15, 0.2) is 23.0 Å². The molecule has 2 aromatic carbocycles. The molecule has 0 aliphatic carbocycles. The Morgan fingerprint density at radius 2 is 1.87 bits per heavy atom. The maximum atomic E-state index is 10.3. The fourth-order valence-corrected chi connectivity index (χ4v) is 3.69. The Balaban J connectivity index is 1.85. The number of benzene rings is 2. The van der Waals surface area contributed by atoms with Crippen LogP contribution in [0.5, 0.6) is 23.0 Å². The lowest BCUT2D eigenvalue weighted by atomic mass is 10.0. The van der Waals surface area contributed by atoms with Crippen molar-refractivity contribution in [2.24, 2.45) is 4.99 Å². The van der Waals surface area contributed by atoms with Crippen LogP contribution in [0.3, 0.4) is 0 Å². The fourth-order valence-electron chi connectivity index (χ4n) is 3.69. The Morgan fingerprint density at radius 1 is 1.10 bits per heavy atom. The Morgan fingerprint density at radius 3 is 2.57 bits per heavy atom. The molecule has 1 heterocycles. The van der Waals surface area contributed by atoms with Gasteiger partial charge in [-0.1, -0.05) is 6.07 Å². The van der Waals surface area contributed by atoms with E-state index in [4.69, 9.17) is 18.9 Å². The van der Waals surface area contributed by atoms with E-state index in [-0.39, 0.29) is 11.8 Å². The number of nitrogens with one attached hydrogen (secondary N) is 1. The van der Waals surface area contributed by atoms with Crippen molar-refractivity contribution in [2.45, 2.75) is 13.0 Å². The van der Waals surface area contributed by atoms with Crippen LogP contribution in [-0.4, -0.2) is 65.0 Å². The second-order valence-corrected chi connectivity index (χ2v) is 7.06. The van der Waals surface area contributed by atoms with Crippen LogP contribution in [0.15, 0.2) is 41.4 Å². The summed E-state index contributed by atoms with van der Waals surface area (Å²) in [5.41, 5.74) is 1.77. The van der Waals surface area contributed by atoms with Gasteiger partial charge in [-0.3, -0.25) is 4.99 Å². The number of phenols is 1. The second-order valence-electron chi connectivity index (χ2n) is 7.06. The number of ether oxygens (including phenoxy) is 4. The third kappa shape index (κ3) is 5.23. The summed E-state index contributed by atoms with van der Waals surface area (Å²) < 4.78 is 21.9. The Labute approximate surface area is 177 Å². The molecule has 2 N–H and O–H groups in total. The number of morpholine rings is 1. The third-order valence-electron chi connectivity index (χ3n) is 5.29. The number of aliphatic imine (C=N–C) groups is 1. The standard InChI is InChI=1S/C23H30N2O5/c1-4-30-20-9-8-17(14-22(20)28-3)19(25-10-12-29-13-11-25)16-24-15-18-6-5-7-21(27-2)23(18)26/h5-9,14-15,19,26H,4,10-13,16H2,1-3H3/p+1/t19-/m0/s1. The molecule has 0 spiro atoms. The SMILES string of the molecule is CCOc1ccc([C@H](CN=Cc2cccc(OC)c2O)[NH+]2CCOCC2)cc1OC. The zero-order valence-electron chi connectivity index (χ0n) is 17.9. The van der Waals surface area contributed by atoms with Crippen LogP contribution in [0.4, 0.5) is 0 Å². The highest BCUT2D eigenvalue weighted by Crippen LogP contribution is 2.30. The average Bonchev–Trinajstić information content (AvgIpc) is 2.79. The summed E-state index contributed by atoms with van der Waals surface area (Å²) in [5.74, 6) is 2.00. The summed E-state index contributed by atoms with van der Waals surface area (Å²) in [6.07, 6.45) is 1.70. The summed E-state index contributed by atoms with van der Waals surface area (Å²) >= 11 is 0. The van der Waals surface area contributed by atoms with Gasteiger partial charge in [-0.2, -0.15) is 0 Å². The number of phenolic OH excluding ortho intramolecular Hbond substituents is 1. The van der Waals surface area contributed by atoms with Crippen LogP contribution in [0, 0.1) is 0 Å². The topological polar surface area (TPSA) is 74.0 Å². The van der Waals surface area contributed by atoms with E-state index in [0.717, 1.165) is 43.4 Å². The van der Waals surface area contributed by atoms with E-state index in [1.807, 2.05) is 31.2 Å². The molecule has 7 heteroatoms. The number of hydrogen-bond donors (Lipinski definition) is 2. The van der Waals surface area contributed by atoms with Crippen molar-refractivity contribution in [1.82, 2.24) is 0 Å². The van der Waals surface area contributed by atoms with Gasteiger partial charge >= 0.3 is 0 Å². The maximum Gasteiger partial charge on any atom is 0.166 e. The highest BCUT2D eigenvalue weighted by Gasteiger charge is 2.27. The number of aromatic hydroxyl groups is 1. The number of hydrogen-bond acceptors (Lipinski definition) is 6. The smallest absolute Gasteiger partial charge is 0.166 e. The minimum atomic E-state index is 0.0988. The first kappa shape index (κ1) is 21.9. The number of methoxy groups -OCH3 is 2. The van der Waals surface area contributed by atoms with E-state index in [1.165, 1.54) is 12.0 Å². The zero-order valence-corrected chi connectivity index (χ0v) is 17.9. The van der Waals surface area contributed by atoms with Gasteiger partial charge in [0.25, 0.3) is 0 Å². The van der Waals surface area contributed by atoms with Crippen molar-refractivity contribution < 1.29 is 29.0 Å². The summed E-state index contributed by atoms with van der Waals surface area (Å²) in [6, 6.07) is 11.6. The largest absolute Gasteiger partial charge is 0.504 e. The molecule has 0 bridgehead atoms. The van der Waals surface area contributed by atoms with Crippen LogP contribution in [0.25, 0.3) is 0 Å². The van der Waals surface area contributed by atoms with Crippen LogP contribution in [0.2, 0.25) is 0 Å². The average molecular weight is 416 g/mol. The lowest BCUT2D eigenvalue weighted by Crippen LogP contribution is -3.14. The number of rotatable bonds is 9. The molecule has 1 atom stereocenters. The number of quaternary nitrogens is 1. The third-order valence-corrected chi connectivity index (χ3v) is 5.29. The van der Waals surface area contributed by atoms with Gasteiger partial charge in [0.1, 0.15) is 19.1 Å². The first-order valence-corrected chi connectivity index (χ1v) is 10.3. The van der Waals surface area contributed by atoms with Crippen molar-refractivity contribution in [1.29, 1.82) is 0 Å². The Bertz CT molecular complexity index is 849. The predicted molar refractivity (Wildman–Crippen MR) is 116 cm³/mol. The number of nitrogens with zero attached hydrogens (tertiary/aromatic N) is 1. The first-order valence-electron chi connectivity index (χ1n) is 10.3. The summed E-state index contributed by atoms with van der Waals surface area (Å²) in [5, 5.41) is 10.3. The Hall–Kier alpha value is -2.77. The molecule has 0 radical (unpaired) electrons. The molecular formula is C23H31N2O5+. The number of para-hydroxylation sites is 1. The molecule has 1 aliphatic heterocycles. The van der Waals surface area contributed by atoms with Crippen molar-refractivity contribution in [3.8, 4) is 23.0 Å². The van der Waals surface area contributed by atoms with E-state index < -0.39 is 0 Å². The van der Waals surface area contributed by atoms with Gasteiger partial charge in [-0.15, -0.1) is 0 Å².